The first kappa shape index (κ1) is 31.7. The zero-order valence-electron chi connectivity index (χ0n) is 25.0. The number of fused-ring (bicyclic) bond motifs is 2. The van der Waals surface area contributed by atoms with Crippen molar-refractivity contribution in [3.8, 4) is 5.75 Å². The maximum absolute atomic E-state index is 12.6. The fraction of sp³-hybridized carbons (Fsp3) is 0.500. The van der Waals surface area contributed by atoms with Gasteiger partial charge < -0.3 is 28.7 Å². The maximum Gasteiger partial charge on any atom is 0.333 e. The van der Waals surface area contributed by atoms with E-state index in [0.717, 1.165) is 50.3 Å². The number of benzene rings is 2. The molecule has 0 radical (unpaired) electrons. The highest BCUT2D eigenvalue weighted by Crippen LogP contribution is 2.32. The minimum atomic E-state index is -0.522. The highest BCUT2D eigenvalue weighted by atomic mass is 32.1. The third-order valence-electron chi connectivity index (χ3n) is 7.48. The van der Waals surface area contributed by atoms with Crippen LogP contribution in [0.4, 0.5) is 11.4 Å². The number of likely N-dealkylation sites (N-methyl/N-ethyl adjacent to an activating group) is 2. The molecule has 9 nitrogen and oxygen atoms in total. The van der Waals surface area contributed by atoms with Gasteiger partial charge in [0.2, 0.25) is 5.91 Å². The molecule has 2 heterocycles. The van der Waals surface area contributed by atoms with Crippen LogP contribution < -0.4 is 14.5 Å². The number of hydrogen-bond acceptors (Lipinski definition) is 9. The molecule has 10 heteroatoms. The van der Waals surface area contributed by atoms with E-state index in [1.165, 1.54) is 20.7 Å². The normalized spacial score (nSPS) is 13.0. The third-order valence-corrected chi connectivity index (χ3v) is 8.37. The third kappa shape index (κ3) is 8.91. The molecule has 0 atom stereocenters. The van der Waals surface area contributed by atoms with E-state index in [-0.39, 0.29) is 19.2 Å². The number of hydrogen-bond donors (Lipinski definition) is 0. The smallest absolute Gasteiger partial charge is 0.333 e. The molecule has 0 saturated carbocycles. The molecule has 0 fully saturated rings. The Labute approximate surface area is 252 Å². The number of carbonyl (C=O) groups excluding carboxylic acids is 2. The van der Waals surface area contributed by atoms with Crippen molar-refractivity contribution in [3.05, 3.63) is 53.4 Å². The molecule has 1 aromatic heterocycles. The van der Waals surface area contributed by atoms with Crippen LogP contribution in [0, 0.1) is 0 Å². The lowest BCUT2D eigenvalue weighted by Crippen LogP contribution is -2.38. The summed E-state index contributed by atoms with van der Waals surface area (Å²) in [7, 11) is 3.73. The summed E-state index contributed by atoms with van der Waals surface area (Å²) in [6.07, 6.45) is 3.00. The number of nitrogens with zero attached hydrogens (tertiary/aromatic N) is 3. The summed E-state index contributed by atoms with van der Waals surface area (Å²) < 4.78 is 22.8. The summed E-state index contributed by atoms with van der Waals surface area (Å²) >= 11 is 1.78. The summed E-state index contributed by atoms with van der Waals surface area (Å²) in [6, 6.07) is 14.5. The monoisotopic (exact) mass is 597 g/mol. The molecule has 1 aliphatic rings. The number of thiophene rings is 1. The minimum absolute atomic E-state index is 0.0787. The van der Waals surface area contributed by atoms with Gasteiger partial charge in [-0.2, -0.15) is 0 Å². The fourth-order valence-electron chi connectivity index (χ4n) is 5.00. The number of rotatable bonds is 18. The summed E-state index contributed by atoms with van der Waals surface area (Å²) in [5.74, 6) is 0.107. The molecule has 1 amide bonds. The predicted octanol–water partition coefficient (Wildman–Crippen LogP) is 4.96. The molecule has 0 unspecified atom stereocenters. The first-order valence-electron chi connectivity index (χ1n) is 14.7. The zero-order valence-corrected chi connectivity index (χ0v) is 25.8. The summed E-state index contributed by atoms with van der Waals surface area (Å²) in [4.78, 5) is 31.0. The van der Waals surface area contributed by atoms with Crippen molar-refractivity contribution in [2.45, 2.75) is 32.6 Å². The van der Waals surface area contributed by atoms with Gasteiger partial charge in [-0.3, -0.25) is 9.69 Å². The largest absolute Gasteiger partial charge is 0.494 e. The highest BCUT2D eigenvalue weighted by Gasteiger charge is 2.26. The van der Waals surface area contributed by atoms with Gasteiger partial charge in [0.15, 0.2) is 6.73 Å². The first-order valence-corrected chi connectivity index (χ1v) is 15.6. The minimum Gasteiger partial charge on any atom is -0.494 e. The van der Waals surface area contributed by atoms with E-state index in [9.17, 15) is 9.59 Å². The second-order valence-electron chi connectivity index (χ2n) is 10.3. The standard InChI is InChI=1S/C32H43N3O6S/c1-4-34(17-16-33(2)28-8-7-9-30-27(28)14-21-42-30)15-5-6-18-40-26-12-10-25-11-13-31(36)35(29(25)22-26)24-41-32(37)23-39-20-19-38-3/h7-10,12,14,21-22H,4-6,11,13,15-20,23-24H2,1-3H3. The van der Waals surface area contributed by atoms with Gasteiger partial charge in [0, 0.05) is 55.5 Å². The van der Waals surface area contributed by atoms with Gasteiger partial charge in [0.25, 0.3) is 0 Å². The predicted molar refractivity (Wildman–Crippen MR) is 168 cm³/mol. The van der Waals surface area contributed by atoms with Gasteiger partial charge in [-0.15, -0.1) is 11.3 Å². The molecule has 0 saturated heterocycles. The first-order chi connectivity index (χ1) is 20.5. The molecule has 0 spiro atoms. The molecule has 0 N–H and O–H groups in total. The van der Waals surface area contributed by atoms with Crippen LogP contribution in [0.2, 0.25) is 0 Å². The fourth-order valence-corrected chi connectivity index (χ4v) is 5.81. The zero-order chi connectivity index (χ0) is 29.7. The Morgan fingerprint density at radius 1 is 1.02 bits per heavy atom. The van der Waals surface area contributed by atoms with Crippen molar-refractivity contribution in [2.75, 3.05) is 83.3 Å². The van der Waals surface area contributed by atoms with Gasteiger partial charge in [-0.1, -0.05) is 19.1 Å². The molecular weight excluding hydrogens is 554 g/mol. The number of methoxy groups -OCH3 is 1. The van der Waals surface area contributed by atoms with Crippen molar-refractivity contribution in [2.24, 2.45) is 0 Å². The Morgan fingerprint density at radius 3 is 2.74 bits per heavy atom. The maximum atomic E-state index is 12.6. The lowest BCUT2D eigenvalue weighted by atomic mass is 10.0. The van der Waals surface area contributed by atoms with Crippen LogP contribution in [-0.2, 0) is 30.2 Å². The van der Waals surface area contributed by atoms with Crippen LogP contribution in [-0.4, -0.2) is 90.3 Å². The van der Waals surface area contributed by atoms with Crippen LogP contribution in [0.25, 0.3) is 10.1 Å². The molecule has 0 bridgehead atoms. The van der Waals surface area contributed by atoms with Gasteiger partial charge in [-0.25, -0.2) is 4.79 Å². The van der Waals surface area contributed by atoms with Gasteiger partial charge in [0.05, 0.1) is 25.5 Å². The Balaban J connectivity index is 1.19. The number of ether oxygens (including phenoxy) is 4. The van der Waals surface area contributed by atoms with Crippen molar-refractivity contribution < 1.29 is 28.5 Å². The lowest BCUT2D eigenvalue weighted by Gasteiger charge is -2.29. The van der Waals surface area contributed by atoms with Crippen LogP contribution in [0.3, 0.4) is 0 Å². The summed E-state index contributed by atoms with van der Waals surface area (Å²) in [6.45, 7) is 7.19. The molecule has 3 aromatic rings. The van der Waals surface area contributed by atoms with Crippen molar-refractivity contribution >= 4 is 44.7 Å². The van der Waals surface area contributed by atoms with E-state index in [4.69, 9.17) is 18.9 Å². The Bertz CT molecular complexity index is 1300. The van der Waals surface area contributed by atoms with E-state index in [2.05, 4.69) is 53.4 Å². The van der Waals surface area contributed by atoms with E-state index in [1.54, 1.807) is 18.4 Å². The Hall–Kier alpha value is -3.18. The van der Waals surface area contributed by atoms with Gasteiger partial charge >= 0.3 is 5.97 Å². The Kier molecular flexibility index (Phi) is 12.4. The number of aryl methyl sites for hydroxylation is 1. The van der Waals surface area contributed by atoms with Gasteiger partial charge in [-0.05, 0) is 67.6 Å². The number of esters is 1. The molecule has 1 aliphatic heterocycles. The molecule has 4 rings (SSSR count). The number of carbonyl (C=O) groups is 2. The molecule has 228 valence electrons. The lowest BCUT2D eigenvalue weighted by molar-refractivity contribution is -0.149. The quantitative estimate of drug-likeness (QED) is 0.150. The number of amides is 1. The van der Waals surface area contributed by atoms with E-state index < -0.39 is 5.97 Å². The highest BCUT2D eigenvalue weighted by molar-refractivity contribution is 7.17. The molecular formula is C32H43N3O6S. The molecule has 0 aliphatic carbocycles. The summed E-state index contributed by atoms with van der Waals surface area (Å²) in [5.41, 5.74) is 3.05. The SMILES string of the molecule is CCN(CCCCOc1ccc2c(c1)N(COC(=O)COCCOC)C(=O)CC2)CCN(C)c1cccc2sccc12. The van der Waals surface area contributed by atoms with E-state index >= 15 is 0 Å². The van der Waals surface area contributed by atoms with Crippen LogP contribution in [0.1, 0.15) is 31.7 Å². The second kappa shape index (κ2) is 16.5. The van der Waals surface area contributed by atoms with E-state index in [1.807, 2.05) is 18.2 Å². The van der Waals surface area contributed by atoms with E-state index in [0.29, 0.717) is 38.4 Å². The van der Waals surface area contributed by atoms with Crippen molar-refractivity contribution in [3.63, 3.8) is 0 Å². The number of anilines is 2. The summed E-state index contributed by atoms with van der Waals surface area (Å²) in [5, 5.41) is 3.48. The van der Waals surface area contributed by atoms with Gasteiger partial charge in [0.1, 0.15) is 12.4 Å². The van der Waals surface area contributed by atoms with Crippen LogP contribution in [0.15, 0.2) is 47.8 Å². The topological polar surface area (TPSA) is 80.8 Å². The van der Waals surface area contributed by atoms with Crippen LogP contribution in [0.5, 0.6) is 5.75 Å². The average Bonchev–Trinajstić information content (AvgIpc) is 3.49. The molecule has 42 heavy (non-hydrogen) atoms. The van der Waals surface area contributed by atoms with Crippen molar-refractivity contribution in [1.29, 1.82) is 0 Å². The Morgan fingerprint density at radius 2 is 1.90 bits per heavy atom. The van der Waals surface area contributed by atoms with Crippen LogP contribution >= 0.6 is 11.3 Å². The van der Waals surface area contributed by atoms with Crippen molar-refractivity contribution in [1.82, 2.24) is 4.90 Å². The second-order valence-corrected chi connectivity index (χ2v) is 11.3. The average molecular weight is 598 g/mol. The number of unbranched alkanes of at least 4 members (excludes halogenated alkanes) is 1. The molecule has 2 aromatic carbocycles.